The van der Waals surface area contributed by atoms with Crippen molar-refractivity contribution in [2.75, 3.05) is 10.2 Å². The maximum Gasteiger partial charge on any atom is 0.327 e. The number of amides is 2. The van der Waals surface area contributed by atoms with E-state index < -0.39 is 0 Å². The Labute approximate surface area is 178 Å². The molecule has 2 amide bonds. The fraction of sp³-hybridized carbons (Fsp3) is 0.0435. The molecule has 0 saturated heterocycles. The summed E-state index contributed by atoms with van der Waals surface area (Å²) in [6, 6.07) is 25.0. The number of H-pyrrole nitrogens is 1. The van der Waals surface area contributed by atoms with Gasteiger partial charge in [-0.3, -0.25) is 10.00 Å². The van der Waals surface area contributed by atoms with Crippen molar-refractivity contribution in [3.63, 3.8) is 0 Å². The lowest BCUT2D eigenvalue weighted by Crippen LogP contribution is -2.34. The number of anilines is 2. The van der Waals surface area contributed by atoms with Crippen LogP contribution in [0.2, 0.25) is 5.02 Å². The van der Waals surface area contributed by atoms with Gasteiger partial charge < -0.3 is 10.4 Å². The predicted molar refractivity (Wildman–Crippen MR) is 119 cm³/mol. The minimum absolute atomic E-state index is 0.0516. The number of carbonyl (C=O) groups is 1. The fourth-order valence-corrected chi connectivity index (χ4v) is 3.23. The van der Waals surface area contributed by atoms with Crippen LogP contribution in [0.5, 0.6) is 5.75 Å². The monoisotopic (exact) mass is 418 g/mol. The summed E-state index contributed by atoms with van der Waals surface area (Å²) in [4.78, 5) is 14.6. The third kappa shape index (κ3) is 4.45. The molecule has 0 aliphatic carbocycles. The van der Waals surface area contributed by atoms with Crippen LogP contribution in [-0.4, -0.2) is 21.3 Å². The van der Waals surface area contributed by atoms with E-state index in [0.717, 1.165) is 11.3 Å². The number of rotatable bonds is 5. The zero-order valence-electron chi connectivity index (χ0n) is 15.9. The lowest BCUT2D eigenvalue weighted by Gasteiger charge is -2.21. The number of phenolic OH excluding ortho intramolecular Hbond substituents is 1. The number of phenols is 1. The number of aromatic amines is 1. The van der Waals surface area contributed by atoms with Crippen molar-refractivity contribution in [1.29, 1.82) is 0 Å². The first-order chi connectivity index (χ1) is 14.6. The van der Waals surface area contributed by atoms with Gasteiger partial charge in [-0.2, -0.15) is 5.10 Å². The standard InChI is InChI=1S/C23H19ClN4O2/c24-18-11-12-21(29)17(13-18)15-28(23(30)25-19-9-5-2-6-10-19)22-14-20(26-27-22)16-7-3-1-4-8-16/h1-14,29H,15H2,(H,25,30)(H,26,27). The molecule has 0 aliphatic rings. The number of aromatic hydroxyl groups is 1. The van der Waals surface area contributed by atoms with Crippen LogP contribution in [0.15, 0.2) is 84.9 Å². The molecule has 1 heterocycles. The smallest absolute Gasteiger partial charge is 0.327 e. The number of hydrogen-bond donors (Lipinski definition) is 3. The molecule has 0 saturated carbocycles. The fourth-order valence-electron chi connectivity index (χ4n) is 3.04. The molecule has 0 atom stereocenters. The van der Waals surface area contributed by atoms with E-state index in [9.17, 15) is 9.90 Å². The molecule has 7 heteroatoms. The number of benzene rings is 3. The van der Waals surface area contributed by atoms with Crippen LogP contribution >= 0.6 is 11.6 Å². The first kappa shape index (κ1) is 19.5. The highest BCUT2D eigenvalue weighted by atomic mass is 35.5. The van der Waals surface area contributed by atoms with Crippen molar-refractivity contribution < 1.29 is 9.90 Å². The average molecular weight is 419 g/mol. The van der Waals surface area contributed by atoms with Gasteiger partial charge in [0.05, 0.1) is 12.2 Å². The van der Waals surface area contributed by atoms with Crippen LogP contribution in [0.3, 0.4) is 0 Å². The molecular formula is C23H19ClN4O2. The van der Waals surface area contributed by atoms with E-state index in [2.05, 4.69) is 15.5 Å². The van der Waals surface area contributed by atoms with Gasteiger partial charge in [0.1, 0.15) is 5.75 Å². The minimum atomic E-state index is -0.383. The van der Waals surface area contributed by atoms with Gasteiger partial charge in [0, 0.05) is 22.3 Å². The highest BCUT2D eigenvalue weighted by molar-refractivity contribution is 6.30. The number of para-hydroxylation sites is 1. The summed E-state index contributed by atoms with van der Waals surface area (Å²) < 4.78 is 0. The molecule has 30 heavy (non-hydrogen) atoms. The van der Waals surface area contributed by atoms with Gasteiger partial charge in [0.2, 0.25) is 0 Å². The van der Waals surface area contributed by atoms with Crippen LogP contribution in [0.1, 0.15) is 5.56 Å². The van der Waals surface area contributed by atoms with E-state index in [-0.39, 0.29) is 18.3 Å². The Balaban J connectivity index is 1.67. The summed E-state index contributed by atoms with van der Waals surface area (Å²) in [7, 11) is 0. The van der Waals surface area contributed by atoms with Crippen molar-refractivity contribution in [2.45, 2.75) is 6.54 Å². The summed E-state index contributed by atoms with van der Waals surface area (Å²) in [5.41, 5.74) is 2.89. The van der Waals surface area contributed by atoms with Crippen molar-refractivity contribution in [3.8, 4) is 17.0 Å². The van der Waals surface area contributed by atoms with E-state index >= 15 is 0 Å². The number of aromatic nitrogens is 2. The largest absolute Gasteiger partial charge is 0.508 e. The lowest BCUT2D eigenvalue weighted by molar-refractivity contribution is 0.256. The highest BCUT2D eigenvalue weighted by Gasteiger charge is 2.21. The van der Waals surface area contributed by atoms with E-state index in [1.54, 1.807) is 30.3 Å². The molecule has 1 aromatic heterocycles. The Hall–Kier alpha value is -3.77. The number of nitrogens with one attached hydrogen (secondary N) is 2. The molecule has 0 fully saturated rings. The van der Waals surface area contributed by atoms with Gasteiger partial charge in [-0.15, -0.1) is 0 Å². The van der Waals surface area contributed by atoms with E-state index in [1.807, 2.05) is 48.5 Å². The first-order valence-corrected chi connectivity index (χ1v) is 9.70. The SMILES string of the molecule is O=C(Nc1ccccc1)N(Cc1cc(Cl)ccc1O)c1cc(-c2ccccc2)[nH]n1. The molecule has 4 rings (SSSR count). The Morgan fingerprint density at radius 2 is 1.70 bits per heavy atom. The topological polar surface area (TPSA) is 81.3 Å². The first-order valence-electron chi connectivity index (χ1n) is 9.32. The van der Waals surface area contributed by atoms with E-state index in [0.29, 0.717) is 22.1 Å². The molecular weight excluding hydrogens is 400 g/mol. The van der Waals surface area contributed by atoms with E-state index in [1.165, 1.54) is 11.0 Å². The van der Waals surface area contributed by atoms with Crippen LogP contribution in [0.25, 0.3) is 11.3 Å². The maximum absolute atomic E-state index is 13.1. The van der Waals surface area contributed by atoms with Crippen LogP contribution < -0.4 is 10.2 Å². The van der Waals surface area contributed by atoms with Gasteiger partial charge in [0.25, 0.3) is 0 Å². The molecule has 150 valence electrons. The Kier molecular flexibility index (Phi) is 5.68. The average Bonchev–Trinajstić information content (AvgIpc) is 3.25. The summed E-state index contributed by atoms with van der Waals surface area (Å²) in [5.74, 6) is 0.470. The van der Waals surface area contributed by atoms with Crippen molar-refractivity contribution in [3.05, 3.63) is 95.5 Å². The summed E-state index contributed by atoms with van der Waals surface area (Å²) in [6.45, 7) is 0.0874. The second kappa shape index (κ2) is 8.71. The Morgan fingerprint density at radius 3 is 2.43 bits per heavy atom. The lowest BCUT2D eigenvalue weighted by atomic mass is 10.1. The second-order valence-electron chi connectivity index (χ2n) is 6.66. The summed E-state index contributed by atoms with van der Waals surface area (Å²) >= 11 is 6.09. The van der Waals surface area contributed by atoms with Gasteiger partial charge >= 0.3 is 6.03 Å². The molecule has 3 aromatic carbocycles. The van der Waals surface area contributed by atoms with Gasteiger partial charge in [-0.1, -0.05) is 60.1 Å². The summed E-state index contributed by atoms with van der Waals surface area (Å²) in [6.07, 6.45) is 0. The third-order valence-corrected chi connectivity index (χ3v) is 4.80. The zero-order valence-corrected chi connectivity index (χ0v) is 16.7. The van der Waals surface area contributed by atoms with Crippen molar-refractivity contribution in [2.24, 2.45) is 0 Å². The predicted octanol–water partition coefficient (Wildman–Crippen LogP) is 5.67. The molecule has 4 aromatic rings. The maximum atomic E-state index is 13.1. The molecule has 0 radical (unpaired) electrons. The van der Waals surface area contributed by atoms with Gasteiger partial charge in [0.15, 0.2) is 5.82 Å². The molecule has 0 unspecified atom stereocenters. The zero-order chi connectivity index (χ0) is 20.9. The highest BCUT2D eigenvalue weighted by Crippen LogP contribution is 2.27. The molecule has 0 aliphatic heterocycles. The number of nitrogens with zero attached hydrogens (tertiary/aromatic N) is 2. The Morgan fingerprint density at radius 1 is 1.00 bits per heavy atom. The Bertz CT molecular complexity index is 1150. The second-order valence-corrected chi connectivity index (χ2v) is 7.10. The van der Waals surface area contributed by atoms with E-state index in [4.69, 9.17) is 11.6 Å². The summed E-state index contributed by atoms with van der Waals surface area (Å²) in [5, 5.41) is 20.9. The molecule has 0 spiro atoms. The number of urea groups is 1. The van der Waals surface area contributed by atoms with Gasteiger partial charge in [-0.05, 0) is 35.9 Å². The van der Waals surface area contributed by atoms with Crippen molar-refractivity contribution >= 4 is 29.1 Å². The van der Waals surface area contributed by atoms with Crippen molar-refractivity contribution in [1.82, 2.24) is 10.2 Å². The third-order valence-electron chi connectivity index (χ3n) is 4.57. The molecule has 3 N–H and O–H groups in total. The normalized spacial score (nSPS) is 10.6. The van der Waals surface area contributed by atoms with Crippen LogP contribution in [-0.2, 0) is 6.54 Å². The van der Waals surface area contributed by atoms with Gasteiger partial charge in [-0.25, -0.2) is 4.79 Å². The number of halogens is 1. The van der Waals surface area contributed by atoms with Crippen LogP contribution in [0, 0.1) is 0 Å². The quantitative estimate of drug-likeness (QED) is 0.390. The number of hydrogen-bond acceptors (Lipinski definition) is 3. The minimum Gasteiger partial charge on any atom is -0.508 e. The molecule has 6 nitrogen and oxygen atoms in total. The number of carbonyl (C=O) groups excluding carboxylic acids is 1. The molecule has 0 bridgehead atoms. The van der Waals surface area contributed by atoms with Crippen LogP contribution in [0.4, 0.5) is 16.3 Å².